The van der Waals surface area contributed by atoms with E-state index in [1.54, 1.807) is 26.0 Å². The van der Waals surface area contributed by atoms with Gasteiger partial charge in [0.2, 0.25) is 5.91 Å². The molecule has 0 saturated carbocycles. The molecule has 0 aliphatic carbocycles. The average Bonchev–Trinajstić information content (AvgIpc) is 2.58. The Morgan fingerprint density at radius 3 is 2.25 bits per heavy atom. The van der Waals surface area contributed by atoms with Crippen molar-refractivity contribution in [1.82, 2.24) is 10.6 Å². The first-order valence-corrected chi connectivity index (χ1v) is 8.39. The summed E-state index contributed by atoms with van der Waals surface area (Å²) in [5.41, 5.74) is -0.627. The number of ether oxygens (including phenoxy) is 2. The summed E-state index contributed by atoms with van der Waals surface area (Å²) in [5.74, 6) is 0.939. The second kappa shape index (κ2) is 10.0. The molecule has 0 radical (unpaired) electrons. The highest BCUT2D eigenvalue weighted by atomic mass is 35.5. The van der Waals surface area contributed by atoms with Gasteiger partial charge in [-0.3, -0.25) is 9.59 Å². The minimum atomic E-state index is -0.627. The first-order valence-electron chi connectivity index (χ1n) is 7.86. The summed E-state index contributed by atoms with van der Waals surface area (Å²) >= 11 is 5.73. The summed E-state index contributed by atoms with van der Waals surface area (Å²) in [6, 6.07) is 7.17. The number of rotatable bonds is 10. The molecule has 2 N–H and O–H groups in total. The largest absolute Gasteiger partial charge is 0.490 e. The fraction of sp³-hybridized carbons (Fsp3) is 0.529. The maximum Gasteiger partial charge on any atom is 0.258 e. The van der Waals surface area contributed by atoms with Gasteiger partial charge in [0.1, 0.15) is 0 Å². The van der Waals surface area contributed by atoms with E-state index in [2.05, 4.69) is 10.6 Å². The number of hydrogen-bond acceptors (Lipinski definition) is 4. The van der Waals surface area contributed by atoms with Gasteiger partial charge in [0, 0.05) is 19.0 Å². The molecule has 0 bridgehead atoms. The molecular weight excluding hydrogens is 332 g/mol. The van der Waals surface area contributed by atoms with Crippen molar-refractivity contribution in [3.8, 4) is 11.5 Å². The van der Waals surface area contributed by atoms with Crippen LogP contribution >= 0.6 is 11.6 Å². The van der Waals surface area contributed by atoms with Gasteiger partial charge in [-0.2, -0.15) is 0 Å². The van der Waals surface area contributed by atoms with Crippen LogP contribution in [0.25, 0.3) is 0 Å². The number of alkyl halides is 1. The Morgan fingerprint density at radius 1 is 1.08 bits per heavy atom. The number of hydrogen-bond donors (Lipinski definition) is 2. The lowest BCUT2D eigenvalue weighted by Gasteiger charge is -2.20. The monoisotopic (exact) mass is 356 g/mol. The topological polar surface area (TPSA) is 76.7 Å². The third-order valence-electron chi connectivity index (χ3n) is 3.19. The van der Waals surface area contributed by atoms with Crippen LogP contribution in [0, 0.1) is 5.41 Å². The second-order valence-corrected chi connectivity index (χ2v) is 6.06. The van der Waals surface area contributed by atoms with Gasteiger partial charge in [-0.05, 0) is 32.9 Å². The van der Waals surface area contributed by atoms with Crippen LogP contribution in [0.4, 0.5) is 0 Å². The normalized spacial score (nSPS) is 10.8. The van der Waals surface area contributed by atoms with Gasteiger partial charge in [0.15, 0.2) is 18.1 Å². The summed E-state index contributed by atoms with van der Waals surface area (Å²) in [6.45, 7) is 6.45. The number of amides is 2. The van der Waals surface area contributed by atoms with Gasteiger partial charge in [-0.25, -0.2) is 0 Å². The Labute approximate surface area is 147 Å². The quantitative estimate of drug-likeness (QED) is 0.496. The highest BCUT2D eigenvalue weighted by Gasteiger charge is 2.25. The molecule has 1 aromatic rings. The molecule has 0 aliphatic rings. The van der Waals surface area contributed by atoms with Crippen LogP contribution in [-0.2, 0) is 9.59 Å². The Kier molecular flexibility index (Phi) is 8.40. The zero-order valence-corrected chi connectivity index (χ0v) is 15.1. The number of carbonyl (C=O) groups excluding carboxylic acids is 2. The Bertz CT molecular complexity index is 549. The third kappa shape index (κ3) is 6.66. The molecule has 1 aromatic carbocycles. The highest BCUT2D eigenvalue weighted by Crippen LogP contribution is 2.26. The lowest BCUT2D eigenvalue weighted by Crippen LogP contribution is -2.42. The smallest absolute Gasteiger partial charge is 0.258 e. The maximum absolute atomic E-state index is 11.8. The molecule has 0 heterocycles. The van der Waals surface area contributed by atoms with Gasteiger partial charge < -0.3 is 20.1 Å². The average molecular weight is 357 g/mol. The van der Waals surface area contributed by atoms with Gasteiger partial charge in [-0.1, -0.05) is 12.1 Å². The van der Waals surface area contributed by atoms with Crippen molar-refractivity contribution >= 4 is 23.4 Å². The summed E-state index contributed by atoms with van der Waals surface area (Å²) in [5, 5.41) is 5.41. The fourth-order valence-corrected chi connectivity index (χ4v) is 1.84. The van der Waals surface area contributed by atoms with E-state index in [9.17, 15) is 9.59 Å². The minimum Gasteiger partial charge on any atom is -0.490 e. The summed E-state index contributed by atoms with van der Waals surface area (Å²) in [6.07, 6.45) is 0. The van der Waals surface area contributed by atoms with E-state index in [-0.39, 0.29) is 24.3 Å². The Morgan fingerprint density at radius 2 is 1.67 bits per heavy atom. The first-order chi connectivity index (χ1) is 11.4. The van der Waals surface area contributed by atoms with Gasteiger partial charge >= 0.3 is 0 Å². The van der Waals surface area contributed by atoms with Crippen LogP contribution in [0.2, 0.25) is 0 Å². The van der Waals surface area contributed by atoms with Gasteiger partial charge in [0.25, 0.3) is 5.91 Å². The van der Waals surface area contributed by atoms with Crippen LogP contribution in [0.15, 0.2) is 24.3 Å². The van der Waals surface area contributed by atoms with Crippen molar-refractivity contribution in [3.05, 3.63) is 24.3 Å². The molecule has 0 spiro atoms. The SMILES string of the molecule is CCOc1ccccc1OCC(=O)NCCNC(=O)C(C)(C)CCl. The van der Waals surface area contributed by atoms with Crippen molar-refractivity contribution in [2.45, 2.75) is 20.8 Å². The molecule has 24 heavy (non-hydrogen) atoms. The van der Waals surface area contributed by atoms with Crippen molar-refractivity contribution in [1.29, 1.82) is 0 Å². The molecule has 1 rings (SSSR count). The third-order valence-corrected chi connectivity index (χ3v) is 3.86. The predicted octanol–water partition coefficient (Wildman–Crippen LogP) is 1.96. The molecule has 0 saturated heterocycles. The van der Waals surface area contributed by atoms with Crippen LogP contribution in [0.1, 0.15) is 20.8 Å². The van der Waals surface area contributed by atoms with E-state index in [0.29, 0.717) is 31.2 Å². The van der Waals surface area contributed by atoms with E-state index in [1.807, 2.05) is 19.1 Å². The molecule has 0 atom stereocenters. The van der Waals surface area contributed by atoms with E-state index in [4.69, 9.17) is 21.1 Å². The lowest BCUT2D eigenvalue weighted by atomic mass is 9.95. The van der Waals surface area contributed by atoms with E-state index in [1.165, 1.54) is 0 Å². The van der Waals surface area contributed by atoms with Crippen LogP contribution < -0.4 is 20.1 Å². The Hall–Kier alpha value is -1.95. The first kappa shape index (κ1) is 20.1. The number of carbonyl (C=O) groups is 2. The summed E-state index contributed by atoms with van der Waals surface area (Å²) in [4.78, 5) is 23.6. The van der Waals surface area contributed by atoms with Gasteiger partial charge in [-0.15, -0.1) is 11.6 Å². The van der Waals surface area contributed by atoms with E-state index >= 15 is 0 Å². The molecule has 2 amide bonds. The zero-order chi connectivity index (χ0) is 18.0. The second-order valence-electron chi connectivity index (χ2n) is 5.79. The maximum atomic E-state index is 11.8. The number of para-hydroxylation sites is 2. The molecule has 0 unspecified atom stereocenters. The van der Waals surface area contributed by atoms with Crippen LogP contribution in [0.3, 0.4) is 0 Å². The molecular formula is C17H25ClN2O4. The highest BCUT2D eigenvalue weighted by molar-refractivity contribution is 6.19. The van der Waals surface area contributed by atoms with Crippen LogP contribution in [0.5, 0.6) is 11.5 Å². The standard InChI is InChI=1S/C17H25ClN2O4/c1-4-23-13-7-5-6-8-14(13)24-11-15(21)19-9-10-20-16(22)17(2,3)12-18/h5-8H,4,9-12H2,1-3H3,(H,19,21)(H,20,22). The van der Waals surface area contributed by atoms with Crippen molar-refractivity contribution in [2.24, 2.45) is 5.41 Å². The molecule has 7 heteroatoms. The predicted molar refractivity (Wildman–Crippen MR) is 93.6 cm³/mol. The minimum absolute atomic E-state index is 0.120. The molecule has 134 valence electrons. The molecule has 0 fully saturated rings. The summed E-state index contributed by atoms with van der Waals surface area (Å²) in [7, 11) is 0. The Balaban J connectivity index is 2.29. The summed E-state index contributed by atoms with van der Waals surface area (Å²) < 4.78 is 10.9. The van der Waals surface area contributed by atoms with Gasteiger partial charge in [0.05, 0.1) is 12.0 Å². The molecule has 6 nitrogen and oxygen atoms in total. The van der Waals surface area contributed by atoms with Crippen molar-refractivity contribution in [3.63, 3.8) is 0 Å². The zero-order valence-electron chi connectivity index (χ0n) is 14.4. The fourth-order valence-electron chi connectivity index (χ4n) is 1.72. The van der Waals surface area contributed by atoms with E-state index in [0.717, 1.165) is 0 Å². The number of nitrogens with one attached hydrogen (secondary N) is 2. The lowest BCUT2D eigenvalue weighted by molar-refractivity contribution is -0.128. The number of halogens is 1. The molecule has 0 aromatic heterocycles. The number of benzene rings is 1. The van der Waals surface area contributed by atoms with Crippen LogP contribution in [-0.4, -0.2) is 44.0 Å². The van der Waals surface area contributed by atoms with Crippen molar-refractivity contribution < 1.29 is 19.1 Å². The van der Waals surface area contributed by atoms with Crippen molar-refractivity contribution in [2.75, 3.05) is 32.2 Å². The van der Waals surface area contributed by atoms with E-state index < -0.39 is 5.41 Å². The molecule has 0 aliphatic heterocycles.